The zero-order valence-corrected chi connectivity index (χ0v) is 13.4. The molecule has 0 N–H and O–H groups in total. The molecule has 0 amide bonds. The summed E-state index contributed by atoms with van der Waals surface area (Å²) in [7, 11) is 0. The minimum absolute atomic E-state index is 0.142. The molecule has 120 valence electrons. The van der Waals surface area contributed by atoms with Crippen LogP contribution in [0.25, 0.3) is 6.08 Å². The van der Waals surface area contributed by atoms with Gasteiger partial charge in [0, 0.05) is 0 Å². The maximum atomic E-state index is 11.9. The van der Waals surface area contributed by atoms with E-state index in [1.54, 1.807) is 19.1 Å². The molecule has 0 bridgehead atoms. The van der Waals surface area contributed by atoms with E-state index in [1.807, 2.05) is 66.7 Å². The summed E-state index contributed by atoms with van der Waals surface area (Å²) in [5, 5.41) is 0. The van der Waals surface area contributed by atoms with Crippen molar-refractivity contribution in [3.8, 4) is 0 Å². The average Bonchev–Trinajstić information content (AvgIpc) is 2.62. The first-order valence-electron chi connectivity index (χ1n) is 7.61. The highest BCUT2D eigenvalue weighted by atomic mass is 16.5. The normalized spacial score (nSPS) is 11.0. The van der Waals surface area contributed by atoms with Crippen LogP contribution in [0.15, 0.2) is 88.5 Å². The summed E-state index contributed by atoms with van der Waals surface area (Å²) in [4.78, 5) is 20.0. The molecule has 0 aliphatic carbocycles. The number of benzene rings is 2. The molecule has 24 heavy (non-hydrogen) atoms. The molecule has 0 spiro atoms. The van der Waals surface area contributed by atoms with E-state index in [4.69, 9.17) is 4.74 Å². The maximum absolute atomic E-state index is 11.9. The van der Waals surface area contributed by atoms with Crippen LogP contribution in [-0.4, -0.2) is 18.6 Å². The van der Waals surface area contributed by atoms with E-state index < -0.39 is 5.97 Å². The van der Waals surface area contributed by atoms with E-state index in [9.17, 15) is 4.79 Å². The Morgan fingerprint density at radius 1 is 1.08 bits per heavy atom. The minimum Gasteiger partial charge on any atom is -0.461 e. The number of ether oxygens (including phenoxy) is 1. The quantitative estimate of drug-likeness (QED) is 0.337. The molecule has 0 saturated carbocycles. The predicted molar refractivity (Wildman–Crippen MR) is 96.2 cm³/mol. The van der Waals surface area contributed by atoms with Crippen molar-refractivity contribution >= 4 is 23.7 Å². The third-order valence-electron chi connectivity index (χ3n) is 2.93. The molecule has 2 rings (SSSR count). The van der Waals surface area contributed by atoms with Gasteiger partial charge in [-0.3, -0.25) is 0 Å². The fraction of sp³-hybridized carbons (Fsp3) is 0.100. The number of carbonyl (C=O) groups excluding carboxylic acids is 1. The monoisotopic (exact) mass is 318 g/mol. The average molecular weight is 318 g/mol. The van der Waals surface area contributed by atoms with Gasteiger partial charge in [-0.25, -0.2) is 4.79 Å². The molecule has 0 atom stereocenters. The van der Waals surface area contributed by atoms with Gasteiger partial charge in [0.15, 0.2) is 5.70 Å². The number of rotatable bonds is 6. The van der Waals surface area contributed by atoms with Gasteiger partial charge in [0.25, 0.3) is 0 Å². The van der Waals surface area contributed by atoms with Crippen molar-refractivity contribution in [1.82, 2.24) is 0 Å². The Kier molecular flexibility index (Phi) is 6.94. The minimum atomic E-state index is -0.508. The zero-order chi connectivity index (χ0) is 17.0. The number of aliphatic imine (C=N–C) groups is 2. The highest BCUT2D eigenvalue weighted by Crippen LogP contribution is 2.09. The molecule has 0 aliphatic heterocycles. The van der Waals surface area contributed by atoms with Crippen LogP contribution in [0.4, 0.5) is 5.69 Å². The van der Waals surface area contributed by atoms with E-state index in [2.05, 4.69) is 16.0 Å². The standard InChI is InChI=1S/C20H18N2O2/c1-2-24-20(23)19(15-9-12-17-10-5-3-6-11-17)22-16-21-18-13-7-4-8-14-18/h3-15H,2H2,1H3/b12-9+,19-15-. The second-order valence-corrected chi connectivity index (χ2v) is 4.70. The first-order valence-corrected chi connectivity index (χ1v) is 7.61. The maximum Gasteiger partial charge on any atom is 0.357 e. The van der Waals surface area contributed by atoms with Crippen LogP contribution in [0.1, 0.15) is 12.5 Å². The van der Waals surface area contributed by atoms with E-state index in [0.29, 0.717) is 5.69 Å². The molecule has 2 aromatic rings. The van der Waals surface area contributed by atoms with E-state index in [-0.39, 0.29) is 12.3 Å². The van der Waals surface area contributed by atoms with Crippen molar-refractivity contribution in [2.75, 3.05) is 6.61 Å². The molecule has 2 aromatic carbocycles. The van der Waals surface area contributed by atoms with Crippen molar-refractivity contribution in [1.29, 1.82) is 0 Å². The Hall–Kier alpha value is -3.23. The zero-order valence-electron chi connectivity index (χ0n) is 13.4. The molecule has 4 nitrogen and oxygen atoms in total. The molecule has 0 aliphatic rings. The van der Waals surface area contributed by atoms with E-state index in [1.165, 1.54) is 0 Å². The van der Waals surface area contributed by atoms with Crippen LogP contribution in [0.2, 0.25) is 0 Å². The number of allylic oxidation sites excluding steroid dienone is 2. The predicted octanol–water partition coefficient (Wildman–Crippen LogP) is 4.65. The fourth-order valence-corrected chi connectivity index (χ4v) is 1.81. The lowest BCUT2D eigenvalue weighted by Crippen LogP contribution is -2.05. The first kappa shape index (κ1) is 17.1. The van der Waals surface area contributed by atoms with Gasteiger partial charge in [-0.2, -0.15) is 9.98 Å². The lowest BCUT2D eigenvalue weighted by molar-refractivity contribution is -0.138. The fourth-order valence-electron chi connectivity index (χ4n) is 1.81. The Morgan fingerprint density at radius 2 is 1.75 bits per heavy atom. The van der Waals surface area contributed by atoms with Crippen molar-refractivity contribution in [3.63, 3.8) is 0 Å². The first-order chi connectivity index (χ1) is 11.8. The van der Waals surface area contributed by atoms with Gasteiger partial charge >= 0.3 is 5.97 Å². The van der Waals surface area contributed by atoms with Crippen molar-refractivity contribution in [2.24, 2.45) is 9.98 Å². The Morgan fingerprint density at radius 3 is 2.42 bits per heavy atom. The van der Waals surface area contributed by atoms with Gasteiger partial charge in [-0.15, -0.1) is 0 Å². The number of hydrogen-bond donors (Lipinski definition) is 0. The summed E-state index contributed by atoms with van der Waals surface area (Å²) >= 11 is 0. The molecule has 4 heteroatoms. The topological polar surface area (TPSA) is 51.0 Å². The molecule has 0 unspecified atom stereocenters. The SMILES string of the molecule is CCOC(=O)/C(=C/C=C/c1ccccc1)N=C=Nc1ccccc1. The van der Waals surface area contributed by atoms with Crippen LogP contribution >= 0.6 is 0 Å². The summed E-state index contributed by atoms with van der Waals surface area (Å²) < 4.78 is 4.99. The van der Waals surface area contributed by atoms with Crippen molar-refractivity contribution in [3.05, 3.63) is 84.1 Å². The molecule has 0 aromatic heterocycles. The summed E-state index contributed by atoms with van der Waals surface area (Å²) in [6.07, 6.45) is 5.21. The largest absolute Gasteiger partial charge is 0.461 e. The number of para-hydroxylation sites is 1. The number of carbonyl (C=O) groups is 1. The third kappa shape index (κ3) is 5.87. The smallest absolute Gasteiger partial charge is 0.357 e. The number of nitrogens with zero attached hydrogens (tertiary/aromatic N) is 2. The van der Waals surface area contributed by atoms with Gasteiger partial charge < -0.3 is 4.74 Å². The third-order valence-corrected chi connectivity index (χ3v) is 2.93. The van der Waals surface area contributed by atoms with Crippen molar-refractivity contribution in [2.45, 2.75) is 6.92 Å². The second kappa shape index (κ2) is 9.72. The molecule has 0 fully saturated rings. The molecule has 0 saturated heterocycles. The lowest BCUT2D eigenvalue weighted by atomic mass is 10.2. The van der Waals surface area contributed by atoms with Crippen LogP contribution in [0, 0.1) is 0 Å². The Bertz CT molecular complexity index is 772. The van der Waals surface area contributed by atoms with Crippen LogP contribution in [0.3, 0.4) is 0 Å². The summed E-state index contributed by atoms with van der Waals surface area (Å²) in [5.74, 6) is -0.508. The highest BCUT2D eigenvalue weighted by Gasteiger charge is 2.07. The number of esters is 1. The summed E-state index contributed by atoms with van der Waals surface area (Å²) in [6.45, 7) is 2.03. The van der Waals surface area contributed by atoms with E-state index >= 15 is 0 Å². The molecular weight excluding hydrogens is 300 g/mol. The van der Waals surface area contributed by atoms with Gasteiger partial charge in [-0.05, 0) is 30.7 Å². The van der Waals surface area contributed by atoms with Gasteiger partial charge in [0.1, 0.15) is 6.01 Å². The van der Waals surface area contributed by atoms with Gasteiger partial charge in [0.2, 0.25) is 0 Å². The van der Waals surface area contributed by atoms with Crippen LogP contribution in [-0.2, 0) is 9.53 Å². The molecule has 0 heterocycles. The van der Waals surface area contributed by atoms with Crippen LogP contribution in [0.5, 0.6) is 0 Å². The van der Waals surface area contributed by atoms with Crippen LogP contribution < -0.4 is 0 Å². The molecular formula is C20H18N2O2. The summed E-state index contributed by atoms with van der Waals surface area (Å²) in [5.41, 5.74) is 1.88. The second-order valence-electron chi connectivity index (χ2n) is 4.70. The van der Waals surface area contributed by atoms with Gasteiger partial charge in [-0.1, -0.05) is 60.7 Å². The lowest BCUT2D eigenvalue weighted by Gasteiger charge is -1.99. The van der Waals surface area contributed by atoms with Crippen molar-refractivity contribution < 1.29 is 9.53 Å². The molecule has 0 radical (unpaired) electrons. The van der Waals surface area contributed by atoms with E-state index in [0.717, 1.165) is 5.56 Å². The number of hydrogen-bond acceptors (Lipinski definition) is 4. The highest BCUT2D eigenvalue weighted by molar-refractivity contribution is 5.89. The Balaban J connectivity index is 2.18. The summed E-state index contributed by atoms with van der Waals surface area (Å²) in [6, 6.07) is 21.6. The van der Waals surface area contributed by atoms with Gasteiger partial charge in [0.05, 0.1) is 12.3 Å². The Labute approximate surface area is 141 Å².